The molecule has 0 atom stereocenters. The first kappa shape index (κ1) is 15.9. The number of nitrogens with one attached hydrogen (secondary N) is 1. The summed E-state index contributed by atoms with van der Waals surface area (Å²) in [6.45, 7) is 0.955. The molecule has 24 heavy (non-hydrogen) atoms. The van der Waals surface area contributed by atoms with Crippen molar-refractivity contribution in [1.29, 1.82) is 0 Å². The van der Waals surface area contributed by atoms with Crippen molar-refractivity contribution in [3.05, 3.63) is 64.3 Å². The van der Waals surface area contributed by atoms with E-state index in [0.717, 1.165) is 16.5 Å². The van der Waals surface area contributed by atoms with E-state index >= 15 is 0 Å². The number of furan rings is 1. The van der Waals surface area contributed by atoms with Gasteiger partial charge in [0.15, 0.2) is 0 Å². The number of fused-ring (bicyclic) bond motifs is 1. The maximum Gasteiger partial charge on any atom is 0.271 e. The molecule has 3 rings (SSSR count). The van der Waals surface area contributed by atoms with Crippen LogP contribution in [-0.4, -0.2) is 29.4 Å². The highest BCUT2D eigenvalue weighted by Crippen LogP contribution is 2.20. The number of carbonyl (C=O) groups excluding carboxylic acids is 1. The third-order valence-electron chi connectivity index (χ3n) is 3.61. The Labute approximate surface area is 137 Å². The predicted octanol–water partition coefficient (Wildman–Crippen LogP) is 1.57. The van der Waals surface area contributed by atoms with Crippen molar-refractivity contribution in [3.8, 4) is 0 Å². The lowest BCUT2D eigenvalue weighted by Crippen LogP contribution is -2.30. The zero-order chi connectivity index (χ0) is 16.9. The van der Waals surface area contributed by atoms with E-state index in [0.29, 0.717) is 19.7 Å². The smallest absolute Gasteiger partial charge is 0.271 e. The van der Waals surface area contributed by atoms with E-state index in [1.165, 1.54) is 23.9 Å². The fourth-order valence-corrected chi connectivity index (χ4v) is 2.34. The first-order valence-corrected chi connectivity index (χ1v) is 7.49. The highest BCUT2D eigenvalue weighted by Gasteiger charge is 2.11. The third kappa shape index (κ3) is 3.36. The largest absolute Gasteiger partial charge is 0.464 e. The molecule has 124 valence electrons. The van der Waals surface area contributed by atoms with Crippen LogP contribution in [0.1, 0.15) is 16.1 Å². The summed E-state index contributed by atoms with van der Waals surface area (Å²) < 4.78 is 11.6. The number of amides is 1. The molecule has 0 spiro atoms. The predicted molar refractivity (Wildman–Crippen MR) is 87.8 cm³/mol. The number of ether oxygens (including phenoxy) is 1. The van der Waals surface area contributed by atoms with Crippen LogP contribution in [0.5, 0.6) is 0 Å². The van der Waals surface area contributed by atoms with E-state index in [4.69, 9.17) is 9.15 Å². The standard InChI is InChI=1S/C17H17N3O4/c1-23-9-8-20-16(21)7-6-14(19-20)17(22)18-10-12-11-24-15-5-3-2-4-13(12)15/h2-7,11H,8-10H2,1H3,(H,18,22). The Morgan fingerprint density at radius 1 is 1.29 bits per heavy atom. The molecular formula is C17H17N3O4. The van der Waals surface area contributed by atoms with Crippen LogP contribution in [0.4, 0.5) is 0 Å². The Morgan fingerprint density at radius 2 is 2.12 bits per heavy atom. The first-order chi connectivity index (χ1) is 11.7. The van der Waals surface area contributed by atoms with Crippen LogP contribution in [0, 0.1) is 0 Å². The molecule has 0 aliphatic rings. The molecule has 0 bridgehead atoms. The summed E-state index contributed by atoms with van der Waals surface area (Å²) in [4.78, 5) is 24.0. The summed E-state index contributed by atoms with van der Waals surface area (Å²) in [6.07, 6.45) is 1.62. The molecule has 7 nitrogen and oxygen atoms in total. The minimum Gasteiger partial charge on any atom is -0.464 e. The highest BCUT2D eigenvalue weighted by molar-refractivity contribution is 5.92. The number of methoxy groups -OCH3 is 1. The van der Waals surface area contributed by atoms with Gasteiger partial charge in [-0.05, 0) is 12.1 Å². The zero-order valence-electron chi connectivity index (χ0n) is 13.2. The van der Waals surface area contributed by atoms with Crippen molar-refractivity contribution < 1.29 is 13.9 Å². The van der Waals surface area contributed by atoms with Crippen LogP contribution in [0.25, 0.3) is 11.0 Å². The summed E-state index contributed by atoms with van der Waals surface area (Å²) in [6, 6.07) is 10.3. The molecule has 0 aliphatic heterocycles. The van der Waals surface area contributed by atoms with E-state index < -0.39 is 0 Å². The highest BCUT2D eigenvalue weighted by atomic mass is 16.5. The van der Waals surface area contributed by atoms with Gasteiger partial charge in [0, 0.05) is 30.7 Å². The van der Waals surface area contributed by atoms with Crippen LogP contribution in [0.2, 0.25) is 0 Å². The summed E-state index contributed by atoms with van der Waals surface area (Å²) in [5.74, 6) is -0.355. The summed E-state index contributed by atoms with van der Waals surface area (Å²) in [5.41, 5.74) is 1.56. The van der Waals surface area contributed by atoms with Crippen LogP contribution in [0.3, 0.4) is 0 Å². The van der Waals surface area contributed by atoms with Crippen molar-refractivity contribution in [1.82, 2.24) is 15.1 Å². The SMILES string of the molecule is COCCn1nc(C(=O)NCc2coc3ccccc23)ccc1=O. The second kappa shape index (κ2) is 7.10. The first-order valence-electron chi connectivity index (χ1n) is 7.49. The van der Waals surface area contributed by atoms with Crippen molar-refractivity contribution in [2.24, 2.45) is 0 Å². The number of hydrogen-bond acceptors (Lipinski definition) is 5. The van der Waals surface area contributed by atoms with Gasteiger partial charge in [-0.2, -0.15) is 5.10 Å². The zero-order valence-corrected chi connectivity index (χ0v) is 13.2. The van der Waals surface area contributed by atoms with Crippen LogP contribution >= 0.6 is 0 Å². The summed E-state index contributed by atoms with van der Waals surface area (Å²) in [7, 11) is 1.54. The maximum absolute atomic E-state index is 12.3. The molecule has 0 unspecified atom stereocenters. The molecule has 0 saturated heterocycles. The van der Waals surface area contributed by atoms with E-state index in [-0.39, 0.29) is 17.2 Å². The normalized spacial score (nSPS) is 10.9. The quantitative estimate of drug-likeness (QED) is 0.742. The second-order valence-electron chi connectivity index (χ2n) is 5.21. The number of para-hydroxylation sites is 1. The van der Waals surface area contributed by atoms with Gasteiger partial charge in [-0.15, -0.1) is 0 Å². The monoisotopic (exact) mass is 327 g/mol. The Balaban J connectivity index is 1.72. The van der Waals surface area contributed by atoms with E-state index in [9.17, 15) is 9.59 Å². The third-order valence-corrected chi connectivity index (χ3v) is 3.61. The molecule has 1 amide bonds. The van der Waals surface area contributed by atoms with Gasteiger partial charge >= 0.3 is 0 Å². The molecular weight excluding hydrogens is 310 g/mol. The van der Waals surface area contributed by atoms with Gasteiger partial charge in [0.05, 0.1) is 19.4 Å². The fourth-order valence-electron chi connectivity index (χ4n) is 2.34. The molecule has 2 aromatic heterocycles. The molecule has 2 heterocycles. The summed E-state index contributed by atoms with van der Waals surface area (Å²) >= 11 is 0. The van der Waals surface area contributed by atoms with Gasteiger partial charge in [-0.1, -0.05) is 18.2 Å². The lowest BCUT2D eigenvalue weighted by atomic mass is 10.2. The molecule has 0 radical (unpaired) electrons. The Morgan fingerprint density at radius 3 is 2.96 bits per heavy atom. The molecule has 0 saturated carbocycles. The van der Waals surface area contributed by atoms with Gasteiger partial charge in [0.25, 0.3) is 11.5 Å². The Hall–Kier alpha value is -2.93. The molecule has 7 heteroatoms. The molecule has 3 aromatic rings. The fraction of sp³-hybridized carbons (Fsp3) is 0.235. The van der Waals surface area contributed by atoms with Gasteiger partial charge in [-0.3, -0.25) is 9.59 Å². The number of hydrogen-bond donors (Lipinski definition) is 1. The number of aromatic nitrogens is 2. The molecule has 0 aliphatic carbocycles. The lowest BCUT2D eigenvalue weighted by molar-refractivity contribution is 0.0942. The van der Waals surface area contributed by atoms with Crippen molar-refractivity contribution in [3.63, 3.8) is 0 Å². The average Bonchev–Trinajstić information content (AvgIpc) is 3.02. The minimum atomic E-state index is -0.355. The minimum absolute atomic E-state index is 0.179. The van der Waals surface area contributed by atoms with Gasteiger partial charge < -0.3 is 14.5 Å². The maximum atomic E-state index is 12.3. The van der Waals surface area contributed by atoms with Gasteiger partial charge in [0.2, 0.25) is 0 Å². The Bertz CT molecular complexity index is 913. The molecule has 1 aromatic carbocycles. The van der Waals surface area contributed by atoms with E-state index in [1.54, 1.807) is 6.26 Å². The number of rotatable bonds is 6. The van der Waals surface area contributed by atoms with E-state index in [2.05, 4.69) is 10.4 Å². The van der Waals surface area contributed by atoms with Gasteiger partial charge in [0.1, 0.15) is 11.3 Å². The van der Waals surface area contributed by atoms with E-state index in [1.807, 2.05) is 24.3 Å². The molecule has 0 fully saturated rings. The van der Waals surface area contributed by atoms with Crippen LogP contribution in [0.15, 0.2) is 51.9 Å². The van der Waals surface area contributed by atoms with Crippen LogP contribution in [-0.2, 0) is 17.8 Å². The van der Waals surface area contributed by atoms with Crippen molar-refractivity contribution in [2.75, 3.05) is 13.7 Å². The van der Waals surface area contributed by atoms with Crippen molar-refractivity contribution >= 4 is 16.9 Å². The number of nitrogens with zero attached hydrogens (tertiary/aromatic N) is 2. The topological polar surface area (TPSA) is 86.4 Å². The second-order valence-corrected chi connectivity index (χ2v) is 5.21. The van der Waals surface area contributed by atoms with Gasteiger partial charge in [-0.25, -0.2) is 4.68 Å². The number of benzene rings is 1. The molecule has 1 N–H and O–H groups in total. The van der Waals surface area contributed by atoms with Crippen molar-refractivity contribution in [2.45, 2.75) is 13.1 Å². The number of carbonyl (C=O) groups is 1. The van der Waals surface area contributed by atoms with Crippen LogP contribution < -0.4 is 10.9 Å². The Kier molecular flexibility index (Phi) is 4.72. The summed E-state index contributed by atoms with van der Waals surface area (Å²) in [5, 5.41) is 7.80. The average molecular weight is 327 g/mol. The lowest BCUT2D eigenvalue weighted by Gasteiger charge is -2.07.